The van der Waals surface area contributed by atoms with Gasteiger partial charge in [-0.15, -0.1) is 11.3 Å². The zero-order valence-corrected chi connectivity index (χ0v) is 8.19. The summed E-state index contributed by atoms with van der Waals surface area (Å²) in [5.41, 5.74) is 8.18. The van der Waals surface area contributed by atoms with Crippen molar-refractivity contribution >= 4 is 23.4 Å². The van der Waals surface area contributed by atoms with Gasteiger partial charge < -0.3 is 4.74 Å². The second-order valence-electron chi connectivity index (χ2n) is 2.23. The number of esters is 1. The molecule has 5 nitrogen and oxygen atoms in total. The maximum absolute atomic E-state index is 11.1. The third-order valence-corrected chi connectivity index (χ3v) is 2.19. The van der Waals surface area contributed by atoms with E-state index in [2.05, 4.69) is 14.8 Å². The molecule has 0 atom stereocenters. The first-order valence-corrected chi connectivity index (χ1v) is 4.54. The Morgan fingerprint density at radius 2 is 2.57 bits per heavy atom. The standard InChI is InChI=1S/C8H7N3O2S/c1-13-8(12)7(10-11-9)5-6-3-2-4-14-6/h2-5H,1H3/b7-5-. The third kappa shape index (κ3) is 2.62. The van der Waals surface area contributed by atoms with Crippen LogP contribution in [0.4, 0.5) is 0 Å². The molecule has 14 heavy (non-hydrogen) atoms. The van der Waals surface area contributed by atoms with Gasteiger partial charge in [0.2, 0.25) is 0 Å². The van der Waals surface area contributed by atoms with Crippen LogP contribution in [-0.2, 0) is 9.53 Å². The predicted molar refractivity (Wildman–Crippen MR) is 53.5 cm³/mol. The van der Waals surface area contributed by atoms with Gasteiger partial charge in [-0.05, 0) is 23.1 Å². The van der Waals surface area contributed by atoms with E-state index in [1.54, 1.807) is 6.07 Å². The molecule has 0 saturated carbocycles. The molecule has 0 spiro atoms. The minimum Gasteiger partial charge on any atom is -0.466 e. The summed E-state index contributed by atoms with van der Waals surface area (Å²) >= 11 is 1.44. The van der Waals surface area contributed by atoms with Crippen molar-refractivity contribution in [1.29, 1.82) is 0 Å². The van der Waals surface area contributed by atoms with E-state index >= 15 is 0 Å². The summed E-state index contributed by atoms with van der Waals surface area (Å²) in [5, 5.41) is 5.10. The van der Waals surface area contributed by atoms with Crippen molar-refractivity contribution < 1.29 is 9.53 Å². The summed E-state index contributed by atoms with van der Waals surface area (Å²) in [7, 11) is 1.23. The minimum atomic E-state index is -0.642. The fraction of sp³-hybridized carbons (Fsp3) is 0.125. The molecule has 0 bridgehead atoms. The van der Waals surface area contributed by atoms with Crippen LogP contribution in [0.5, 0.6) is 0 Å². The molecule has 1 aromatic heterocycles. The lowest BCUT2D eigenvalue weighted by Crippen LogP contribution is -2.01. The van der Waals surface area contributed by atoms with E-state index in [1.807, 2.05) is 11.4 Å². The van der Waals surface area contributed by atoms with Gasteiger partial charge in [-0.2, -0.15) is 0 Å². The molecular weight excluding hydrogens is 202 g/mol. The van der Waals surface area contributed by atoms with Crippen LogP contribution in [0.15, 0.2) is 28.3 Å². The number of hydrogen-bond acceptors (Lipinski definition) is 4. The fourth-order valence-electron chi connectivity index (χ4n) is 0.790. The van der Waals surface area contributed by atoms with Crippen LogP contribution in [0.25, 0.3) is 16.5 Å². The Bertz CT molecular complexity index is 391. The smallest absolute Gasteiger partial charge is 0.340 e. The normalized spacial score (nSPS) is 10.5. The lowest BCUT2D eigenvalue weighted by Gasteiger charge is -1.96. The summed E-state index contributed by atoms with van der Waals surface area (Å²) < 4.78 is 4.45. The second kappa shape index (κ2) is 5.06. The number of azide groups is 1. The highest BCUT2D eigenvalue weighted by molar-refractivity contribution is 7.10. The van der Waals surface area contributed by atoms with Gasteiger partial charge in [-0.25, -0.2) is 4.79 Å². The maximum atomic E-state index is 11.1. The van der Waals surface area contributed by atoms with Crippen LogP contribution in [0.2, 0.25) is 0 Å². The molecule has 0 radical (unpaired) electrons. The van der Waals surface area contributed by atoms with E-state index in [-0.39, 0.29) is 5.70 Å². The highest BCUT2D eigenvalue weighted by Gasteiger charge is 2.06. The first-order chi connectivity index (χ1) is 6.77. The number of thiophene rings is 1. The highest BCUT2D eigenvalue weighted by atomic mass is 32.1. The number of carbonyl (C=O) groups is 1. The molecule has 0 N–H and O–H groups in total. The van der Waals surface area contributed by atoms with E-state index in [4.69, 9.17) is 5.53 Å². The molecule has 0 aliphatic heterocycles. The van der Waals surface area contributed by atoms with Gasteiger partial charge in [-0.3, -0.25) is 0 Å². The van der Waals surface area contributed by atoms with E-state index in [9.17, 15) is 4.79 Å². The molecule has 0 aliphatic carbocycles. The maximum Gasteiger partial charge on any atom is 0.340 e. The van der Waals surface area contributed by atoms with Crippen LogP contribution >= 0.6 is 11.3 Å². The number of nitrogens with zero attached hydrogens (tertiary/aromatic N) is 3. The van der Waals surface area contributed by atoms with Gasteiger partial charge in [0, 0.05) is 9.79 Å². The molecule has 1 heterocycles. The number of carbonyl (C=O) groups excluding carboxylic acids is 1. The third-order valence-electron chi connectivity index (χ3n) is 1.37. The fourth-order valence-corrected chi connectivity index (χ4v) is 1.44. The molecule has 0 aromatic carbocycles. The van der Waals surface area contributed by atoms with E-state index < -0.39 is 5.97 Å². The van der Waals surface area contributed by atoms with Gasteiger partial charge >= 0.3 is 5.97 Å². The summed E-state index contributed by atoms with van der Waals surface area (Å²) in [6.45, 7) is 0. The van der Waals surface area contributed by atoms with Crippen molar-refractivity contribution in [2.24, 2.45) is 5.11 Å². The van der Waals surface area contributed by atoms with Crippen LogP contribution in [0.1, 0.15) is 4.88 Å². The Balaban J connectivity index is 2.99. The molecule has 1 aromatic rings. The first kappa shape index (κ1) is 10.3. The molecule has 0 unspecified atom stereocenters. The van der Waals surface area contributed by atoms with Crippen LogP contribution < -0.4 is 0 Å². The van der Waals surface area contributed by atoms with Crippen LogP contribution in [0, 0.1) is 0 Å². The quantitative estimate of drug-likeness (QED) is 0.252. The lowest BCUT2D eigenvalue weighted by atomic mass is 10.3. The van der Waals surface area contributed by atoms with Gasteiger partial charge in [-0.1, -0.05) is 11.2 Å². The Hall–Kier alpha value is -1.78. The van der Waals surface area contributed by atoms with Crippen molar-refractivity contribution in [2.75, 3.05) is 7.11 Å². The van der Waals surface area contributed by atoms with Crippen molar-refractivity contribution in [3.63, 3.8) is 0 Å². The number of rotatable bonds is 3. The number of hydrogen-bond donors (Lipinski definition) is 0. The van der Waals surface area contributed by atoms with Crippen molar-refractivity contribution in [3.05, 3.63) is 38.5 Å². The number of ether oxygens (including phenoxy) is 1. The summed E-state index contributed by atoms with van der Waals surface area (Å²) in [4.78, 5) is 14.5. The SMILES string of the molecule is COC(=O)/C(=C/c1cccs1)N=[N+]=[N-]. The van der Waals surface area contributed by atoms with E-state index in [0.717, 1.165) is 4.88 Å². The second-order valence-corrected chi connectivity index (χ2v) is 3.21. The Morgan fingerprint density at radius 3 is 3.07 bits per heavy atom. The lowest BCUT2D eigenvalue weighted by molar-refractivity contribution is -0.136. The molecule has 72 valence electrons. The predicted octanol–water partition coefficient (Wildman–Crippen LogP) is 2.57. The largest absolute Gasteiger partial charge is 0.466 e. The van der Waals surface area contributed by atoms with Crippen molar-refractivity contribution in [2.45, 2.75) is 0 Å². The van der Waals surface area contributed by atoms with Crippen molar-refractivity contribution in [1.82, 2.24) is 0 Å². The van der Waals surface area contributed by atoms with Gasteiger partial charge in [0.1, 0.15) is 5.70 Å². The molecule has 0 amide bonds. The van der Waals surface area contributed by atoms with E-state index in [1.165, 1.54) is 24.5 Å². The molecular formula is C8H7N3O2S. The van der Waals surface area contributed by atoms with Crippen molar-refractivity contribution in [3.8, 4) is 0 Å². The number of methoxy groups -OCH3 is 1. The molecule has 1 rings (SSSR count). The minimum absolute atomic E-state index is 0.0440. The zero-order valence-electron chi connectivity index (χ0n) is 7.38. The monoisotopic (exact) mass is 209 g/mol. The van der Waals surface area contributed by atoms with Crippen LogP contribution in [0.3, 0.4) is 0 Å². The Labute approximate surface area is 84.3 Å². The topological polar surface area (TPSA) is 75.1 Å². The molecule has 0 fully saturated rings. The average Bonchev–Trinajstić information content (AvgIpc) is 2.68. The van der Waals surface area contributed by atoms with Gasteiger partial charge in [0.15, 0.2) is 0 Å². The molecule has 0 aliphatic rings. The summed E-state index contributed by atoms with van der Waals surface area (Å²) in [6, 6.07) is 3.64. The van der Waals surface area contributed by atoms with E-state index in [0.29, 0.717) is 0 Å². The Kier molecular flexibility index (Phi) is 3.72. The molecule has 0 saturated heterocycles. The highest BCUT2D eigenvalue weighted by Crippen LogP contribution is 2.14. The van der Waals surface area contributed by atoms with Crippen LogP contribution in [-0.4, -0.2) is 13.1 Å². The first-order valence-electron chi connectivity index (χ1n) is 3.66. The van der Waals surface area contributed by atoms with Gasteiger partial charge in [0.05, 0.1) is 7.11 Å². The Morgan fingerprint density at radius 1 is 1.79 bits per heavy atom. The summed E-state index contributed by atoms with van der Waals surface area (Å²) in [6.07, 6.45) is 1.48. The average molecular weight is 209 g/mol. The van der Waals surface area contributed by atoms with Gasteiger partial charge in [0.25, 0.3) is 0 Å². The molecule has 6 heteroatoms. The summed E-state index contributed by atoms with van der Waals surface area (Å²) in [5.74, 6) is -0.642. The zero-order chi connectivity index (χ0) is 10.4.